The molecule has 0 aromatic heterocycles. The average Bonchev–Trinajstić information content (AvgIpc) is 2.58. The zero-order valence-electron chi connectivity index (χ0n) is 9.84. The summed E-state index contributed by atoms with van der Waals surface area (Å²) in [6.07, 6.45) is 0.417. The van der Waals surface area contributed by atoms with Gasteiger partial charge in [0, 0.05) is 18.8 Å². The zero-order chi connectivity index (χ0) is 12.4. The number of fused-ring (bicyclic) bond motifs is 1. The second kappa shape index (κ2) is 4.94. The van der Waals surface area contributed by atoms with Crippen LogP contribution in [0.4, 0.5) is 11.4 Å². The molecule has 2 rings (SSSR count). The van der Waals surface area contributed by atoms with Crippen molar-refractivity contribution >= 4 is 28.9 Å². The van der Waals surface area contributed by atoms with Crippen molar-refractivity contribution in [3.63, 3.8) is 0 Å². The van der Waals surface area contributed by atoms with Crippen LogP contribution in [0, 0.1) is 0 Å². The third kappa shape index (κ3) is 2.70. The molecule has 1 aliphatic heterocycles. The van der Waals surface area contributed by atoms with E-state index in [0.29, 0.717) is 18.1 Å². The highest BCUT2D eigenvalue weighted by molar-refractivity contribution is 6.33. The molecule has 92 valence electrons. The molecule has 1 aromatic rings. The molecule has 0 spiro atoms. The first-order valence-electron chi connectivity index (χ1n) is 5.48. The molecule has 1 aliphatic rings. The fraction of sp³-hybridized carbons (Fsp3) is 0.417. The van der Waals surface area contributed by atoms with E-state index in [2.05, 4.69) is 10.6 Å². The molecule has 5 heteroatoms. The minimum absolute atomic E-state index is 0.0122. The number of nitrogens with one attached hydrogen (secondary N) is 2. The van der Waals surface area contributed by atoms with Crippen molar-refractivity contribution in [1.82, 2.24) is 0 Å². The SMILES string of the molecule is COCC(C)Nc1cc2c(cc1Cl)NC(=O)C2. The summed E-state index contributed by atoms with van der Waals surface area (Å²) in [7, 11) is 1.66. The summed E-state index contributed by atoms with van der Waals surface area (Å²) in [4.78, 5) is 11.3. The van der Waals surface area contributed by atoms with Gasteiger partial charge in [0.15, 0.2) is 0 Å². The van der Waals surface area contributed by atoms with Gasteiger partial charge in [-0.3, -0.25) is 4.79 Å². The smallest absolute Gasteiger partial charge is 0.228 e. The maximum Gasteiger partial charge on any atom is 0.228 e. The molecule has 1 atom stereocenters. The Hall–Kier alpha value is -1.26. The van der Waals surface area contributed by atoms with Crippen LogP contribution < -0.4 is 10.6 Å². The van der Waals surface area contributed by atoms with Crippen LogP contribution in [0.25, 0.3) is 0 Å². The number of methoxy groups -OCH3 is 1. The van der Waals surface area contributed by atoms with Crippen molar-refractivity contribution in [2.24, 2.45) is 0 Å². The minimum atomic E-state index is 0.0122. The van der Waals surface area contributed by atoms with Crippen LogP contribution in [0.2, 0.25) is 5.02 Å². The number of carbonyl (C=O) groups excluding carboxylic acids is 1. The molecular formula is C12H15ClN2O2. The normalized spacial score (nSPS) is 15.4. The quantitative estimate of drug-likeness (QED) is 0.867. The van der Waals surface area contributed by atoms with Crippen molar-refractivity contribution in [1.29, 1.82) is 0 Å². The summed E-state index contributed by atoms with van der Waals surface area (Å²) in [5.74, 6) is 0.0122. The van der Waals surface area contributed by atoms with Crippen LogP contribution in [0.5, 0.6) is 0 Å². The largest absolute Gasteiger partial charge is 0.383 e. The Morgan fingerprint density at radius 2 is 2.35 bits per heavy atom. The Morgan fingerprint density at radius 3 is 3.06 bits per heavy atom. The molecule has 1 amide bonds. The Kier molecular flexibility index (Phi) is 3.54. The fourth-order valence-corrected chi connectivity index (χ4v) is 2.13. The lowest BCUT2D eigenvalue weighted by molar-refractivity contribution is -0.115. The number of hydrogen-bond acceptors (Lipinski definition) is 3. The van der Waals surface area contributed by atoms with Gasteiger partial charge in [-0.05, 0) is 24.6 Å². The maximum absolute atomic E-state index is 11.3. The highest BCUT2D eigenvalue weighted by atomic mass is 35.5. The number of anilines is 2. The van der Waals surface area contributed by atoms with Gasteiger partial charge in [-0.1, -0.05) is 11.6 Å². The second-order valence-electron chi connectivity index (χ2n) is 4.21. The van der Waals surface area contributed by atoms with E-state index in [1.54, 1.807) is 13.2 Å². The number of carbonyl (C=O) groups is 1. The van der Waals surface area contributed by atoms with E-state index < -0.39 is 0 Å². The summed E-state index contributed by atoms with van der Waals surface area (Å²) < 4.78 is 5.05. The molecule has 4 nitrogen and oxygen atoms in total. The van der Waals surface area contributed by atoms with E-state index in [1.807, 2.05) is 13.0 Å². The Bertz CT molecular complexity index is 448. The third-order valence-corrected chi connectivity index (χ3v) is 2.95. The summed E-state index contributed by atoms with van der Waals surface area (Å²) >= 11 is 6.15. The van der Waals surface area contributed by atoms with Gasteiger partial charge in [0.05, 0.1) is 23.7 Å². The Morgan fingerprint density at radius 1 is 1.59 bits per heavy atom. The second-order valence-corrected chi connectivity index (χ2v) is 4.62. The molecule has 0 saturated carbocycles. The van der Waals surface area contributed by atoms with Crippen LogP contribution in [-0.2, 0) is 16.0 Å². The third-order valence-electron chi connectivity index (χ3n) is 2.64. The summed E-state index contributed by atoms with van der Waals surface area (Å²) in [5, 5.41) is 6.63. The molecule has 1 unspecified atom stereocenters. The number of benzene rings is 1. The van der Waals surface area contributed by atoms with E-state index in [4.69, 9.17) is 16.3 Å². The van der Waals surface area contributed by atoms with Crippen LogP contribution in [0.15, 0.2) is 12.1 Å². The van der Waals surface area contributed by atoms with Crippen LogP contribution in [-0.4, -0.2) is 25.7 Å². The van der Waals surface area contributed by atoms with Gasteiger partial charge in [0.2, 0.25) is 5.91 Å². The van der Waals surface area contributed by atoms with Crippen LogP contribution in [0.3, 0.4) is 0 Å². The summed E-state index contributed by atoms with van der Waals surface area (Å²) in [6, 6.07) is 3.87. The van der Waals surface area contributed by atoms with Gasteiger partial charge in [0.1, 0.15) is 0 Å². The van der Waals surface area contributed by atoms with Gasteiger partial charge < -0.3 is 15.4 Å². The van der Waals surface area contributed by atoms with Gasteiger partial charge >= 0.3 is 0 Å². The van der Waals surface area contributed by atoms with Crippen molar-refractivity contribution in [3.8, 4) is 0 Å². The van der Waals surface area contributed by atoms with Crippen molar-refractivity contribution in [2.75, 3.05) is 24.4 Å². The first kappa shape index (κ1) is 12.2. The predicted molar refractivity (Wildman–Crippen MR) is 68.7 cm³/mol. The van der Waals surface area contributed by atoms with E-state index >= 15 is 0 Å². The van der Waals surface area contributed by atoms with Crippen molar-refractivity contribution < 1.29 is 9.53 Å². The number of halogens is 1. The number of rotatable bonds is 4. The zero-order valence-corrected chi connectivity index (χ0v) is 10.6. The molecule has 0 fully saturated rings. The van der Waals surface area contributed by atoms with Gasteiger partial charge in [-0.15, -0.1) is 0 Å². The van der Waals surface area contributed by atoms with E-state index in [1.165, 1.54) is 0 Å². The molecule has 17 heavy (non-hydrogen) atoms. The molecule has 1 heterocycles. The number of ether oxygens (including phenoxy) is 1. The van der Waals surface area contributed by atoms with Gasteiger partial charge in [-0.2, -0.15) is 0 Å². The Labute approximate surface area is 105 Å². The molecule has 0 bridgehead atoms. The van der Waals surface area contributed by atoms with Crippen molar-refractivity contribution in [2.45, 2.75) is 19.4 Å². The molecule has 2 N–H and O–H groups in total. The Balaban J connectivity index is 2.19. The maximum atomic E-state index is 11.3. The van der Waals surface area contributed by atoms with E-state index in [-0.39, 0.29) is 11.9 Å². The fourth-order valence-electron chi connectivity index (χ4n) is 1.92. The molecule has 0 aliphatic carbocycles. The lowest BCUT2D eigenvalue weighted by Crippen LogP contribution is -2.21. The monoisotopic (exact) mass is 254 g/mol. The predicted octanol–water partition coefficient (Wildman–Crippen LogP) is 2.28. The highest BCUT2D eigenvalue weighted by Crippen LogP contribution is 2.33. The van der Waals surface area contributed by atoms with Crippen molar-refractivity contribution in [3.05, 3.63) is 22.7 Å². The minimum Gasteiger partial charge on any atom is -0.383 e. The van der Waals surface area contributed by atoms with Crippen LogP contribution in [0.1, 0.15) is 12.5 Å². The first-order chi connectivity index (χ1) is 8.10. The van der Waals surface area contributed by atoms with Crippen LogP contribution >= 0.6 is 11.6 Å². The molecule has 0 saturated heterocycles. The molecule has 1 aromatic carbocycles. The topological polar surface area (TPSA) is 50.4 Å². The highest BCUT2D eigenvalue weighted by Gasteiger charge is 2.19. The number of hydrogen-bond donors (Lipinski definition) is 2. The molecule has 0 radical (unpaired) electrons. The standard InChI is InChI=1S/C12H15ClN2O2/c1-7(6-17-2)14-11-3-8-4-12(16)15-10(8)5-9(11)13/h3,5,7,14H,4,6H2,1-2H3,(H,15,16). The lowest BCUT2D eigenvalue weighted by atomic mass is 10.1. The van der Waals surface area contributed by atoms with Gasteiger partial charge in [-0.25, -0.2) is 0 Å². The molecular weight excluding hydrogens is 240 g/mol. The number of amides is 1. The lowest BCUT2D eigenvalue weighted by Gasteiger charge is -2.16. The summed E-state index contributed by atoms with van der Waals surface area (Å²) in [6.45, 7) is 2.61. The first-order valence-corrected chi connectivity index (χ1v) is 5.85. The van der Waals surface area contributed by atoms with Gasteiger partial charge in [0.25, 0.3) is 0 Å². The van der Waals surface area contributed by atoms with E-state index in [0.717, 1.165) is 16.9 Å². The van der Waals surface area contributed by atoms with E-state index in [9.17, 15) is 4.79 Å². The summed E-state index contributed by atoms with van der Waals surface area (Å²) in [5.41, 5.74) is 2.63. The average molecular weight is 255 g/mol.